The quantitative estimate of drug-likeness (QED) is 0.699. The molecule has 1 rings (SSSR count). The van der Waals surface area contributed by atoms with Gasteiger partial charge in [0.2, 0.25) is 5.91 Å². The first-order valence-electron chi connectivity index (χ1n) is 4.77. The van der Waals surface area contributed by atoms with Gasteiger partial charge in [-0.15, -0.1) is 0 Å². The average molecular weight is 191 g/mol. The Morgan fingerprint density at radius 3 is 2.43 bits per heavy atom. The predicted molar refractivity (Wildman–Crippen MR) is 58.3 cm³/mol. The van der Waals surface area contributed by atoms with Crippen LogP contribution < -0.4 is 0 Å². The van der Waals surface area contributed by atoms with Crippen LogP contribution in [0.3, 0.4) is 0 Å². The summed E-state index contributed by atoms with van der Waals surface area (Å²) in [5.41, 5.74) is 3.55. The lowest BCUT2D eigenvalue weighted by Gasteiger charge is -2.11. The molecule has 2 nitrogen and oxygen atoms in total. The lowest BCUT2D eigenvalue weighted by molar-refractivity contribution is -0.127. The van der Waals surface area contributed by atoms with Crippen LogP contribution in [0.2, 0.25) is 0 Å². The fraction of sp³-hybridized carbons (Fsp3) is 0.417. The summed E-state index contributed by atoms with van der Waals surface area (Å²) in [6.07, 6.45) is 0.499. The van der Waals surface area contributed by atoms with Crippen LogP contribution in [0, 0.1) is 13.8 Å². The SMILES string of the molecule is Cc1ccc(CC(=O)N(C)C)c(C)c1. The van der Waals surface area contributed by atoms with Crippen molar-refractivity contribution in [1.29, 1.82) is 0 Å². The van der Waals surface area contributed by atoms with E-state index in [4.69, 9.17) is 0 Å². The number of carbonyl (C=O) groups is 1. The van der Waals surface area contributed by atoms with Crippen LogP contribution in [0.25, 0.3) is 0 Å². The van der Waals surface area contributed by atoms with Crippen LogP contribution in [0.1, 0.15) is 16.7 Å². The van der Waals surface area contributed by atoms with E-state index >= 15 is 0 Å². The normalized spacial score (nSPS) is 10.0. The van der Waals surface area contributed by atoms with Crippen LogP contribution >= 0.6 is 0 Å². The van der Waals surface area contributed by atoms with Gasteiger partial charge in [-0.25, -0.2) is 0 Å². The van der Waals surface area contributed by atoms with E-state index in [1.54, 1.807) is 19.0 Å². The number of carbonyl (C=O) groups excluding carboxylic acids is 1. The third kappa shape index (κ3) is 2.59. The van der Waals surface area contributed by atoms with E-state index in [-0.39, 0.29) is 5.91 Å². The first-order chi connectivity index (χ1) is 6.50. The molecular weight excluding hydrogens is 174 g/mol. The van der Waals surface area contributed by atoms with Gasteiger partial charge >= 0.3 is 0 Å². The Morgan fingerprint density at radius 2 is 1.93 bits per heavy atom. The summed E-state index contributed by atoms with van der Waals surface area (Å²) >= 11 is 0. The van der Waals surface area contributed by atoms with Gasteiger partial charge in [0, 0.05) is 14.1 Å². The largest absolute Gasteiger partial charge is 0.349 e. The molecule has 0 aliphatic heterocycles. The second-order valence-electron chi connectivity index (χ2n) is 3.89. The lowest BCUT2D eigenvalue weighted by Crippen LogP contribution is -2.23. The van der Waals surface area contributed by atoms with Gasteiger partial charge in [0.25, 0.3) is 0 Å². The summed E-state index contributed by atoms with van der Waals surface area (Å²) in [4.78, 5) is 13.1. The van der Waals surface area contributed by atoms with E-state index in [9.17, 15) is 4.79 Å². The molecule has 0 spiro atoms. The molecule has 0 saturated carbocycles. The zero-order valence-corrected chi connectivity index (χ0v) is 9.29. The van der Waals surface area contributed by atoms with Crippen LogP contribution in [0.5, 0.6) is 0 Å². The van der Waals surface area contributed by atoms with Crippen LogP contribution in [-0.4, -0.2) is 24.9 Å². The molecule has 14 heavy (non-hydrogen) atoms. The zero-order chi connectivity index (χ0) is 10.7. The van der Waals surface area contributed by atoms with E-state index in [0.29, 0.717) is 6.42 Å². The molecule has 0 fully saturated rings. The number of amides is 1. The Hall–Kier alpha value is -1.31. The molecule has 0 radical (unpaired) electrons. The summed E-state index contributed by atoms with van der Waals surface area (Å²) in [5, 5.41) is 0. The molecule has 1 amide bonds. The predicted octanol–water partition coefficient (Wildman–Crippen LogP) is 1.93. The second kappa shape index (κ2) is 4.27. The Balaban J connectivity index is 2.82. The second-order valence-corrected chi connectivity index (χ2v) is 3.89. The number of hydrogen-bond donors (Lipinski definition) is 0. The molecule has 0 unspecified atom stereocenters. The van der Waals surface area contributed by atoms with Crippen LogP contribution in [-0.2, 0) is 11.2 Å². The van der Waals surface area contributed by atoms with Crippen molar-refractivity contribution >= 4 is 5.91 Å². The summed E-state index contributed by atoms with van der Waals surface area (Å²) in [6.45, 7) is 4.11. The van der Waals surface area contributed by atoms with E-state index in [0.717, 1.165) is 5.56 Å². The molecule has 76 valence electrons. The number of rotatable bonds is 2. The minimum absolute atomic E-state index is 0.150. The number of hydrogen-bond acceptors (Lipinski definition) is 1. The van der Waals surface area contributed by atoms with Gasteiger partial charge in [-0.05, 0) is 25.0 Å². The van der Waals surface area contributed by atoms with Crippen LogP contribution in [0.4, 0.5) is 0 Å². The Kier molecular flexibility index (Phi) is 3.28. The fourth-order valence-corrected chi connectivity index (χ4v) is 1.37. The maximum absolute atomic E-state index is 11.5. The van der Waals surface area contributed by atoms with Crippen molar-refractivity contribution in [2.75, 3.05) is 14.1 Å². The highest BCUT2D eigenvalue weighted by atomic mass is 16.2. The monoisotopic (exact) mass is 191 g/mol. The van der Waals surface area contributed by atoms with Crippen molar-refractivity contribution in [3.05, 3.63) is 34.9 Å². The third-order valence-electron chi connectivity index (χ3n) is 2.34. The lowest BCUT2D eigenvalue weighted by atomic mass is 10.0. The Labute approximate surface area is 85.5 Å². The molecule has 0 saturated heterocycles. The topological polar surface area (TPSA) is 20.3 Å². The molecule has 1 aromatic carbocycles. The van der Waals surface area contributed by atoms with Crippen LogP contribution in [0.15, 0.2) is 18.2 Å². The van der Waals surface area contributed by atoms with E-state index in [1.165, 1.54) is 11.1 Å². The van der Waals surface area contributed by atoms with Crippen molar-refractivity contribution in [3.63, 3.8) is 0 Å². The van der Waals surface area contributed by atoms with Gasteiger partial charge < -0.3 is 4.90 Å². The molecule has 0 N–H and O–H groups in total. The summed E-state index contributed by atoms with van der Waals surface area (Å²) in [7, 11) is 3.57. The Morgan fingerprint density at radius 1 is 1.29 bits per heavy atom. The van der Waals surface area contributed by atoms with Crippen molar-refractivity contribution in [2.24, 2.45) is 0 Å². The molecule has 2 heteroatoms. The van der Waals surface area contributed by atoms with Gasteiger partial charge in [0.05, 0.1) is 6.42 Å². The maximum atomic E-state index is 11.5. The van der Waals surface area contributed by atoms with Gasteiger partial charge in [-0.1, -0.05) is 23.8 Å². The van der Waals surface area contributed by atoms with Gasteiger partial charge in [0.15, 0.2) is 0 Å². The maximum Gasteiger partial charge on any atom is 0.226 e. The van der Waals surface area contributed by atoms with Crippen molar-refractivity contribution in [3.8, 4) is 0 Å². The van der Waals surface area contributed by atoms with Crippen molar-refractivity contribution in [2.45, 2.75) is 20.3 Å². The minimum atomic E-state index is 0.150. The summed E-state index contributed by atoms with van der Waals surface area (Å²) < 4.78 is 0. The summed E-state index contributed by atoms with van der Waals surface area (Å²) in [5.74, 6) is 0.150. The Bertz CT molecular complexity index is 342. The van der Waals surface area contributed by atoms with Gasteiger partial charge in [-0.3, -0.25) is 4.79 Å². The molecule has 0 aromatic heterocycles. The fourth-order valence-electron chi connectivity index (χ4n) is 1.37. The number of nitrogens with zero attached hydrogens (tertiary/aromatic N) is 1. The number of likely N-dealkylation sites (N-methyl/N-ethyl adjacent to an activating group) is 1. The molecular formula is C12H17NO. The molecule has 0 heterocycles. The summed E-state index contributed by atoms with van der Waals surface area (Å²) in [6, 6.07) is 6.19. The smallest absolute Gasteiger partial charge is 0.226 e. The first-order valence-corrected chi connectivity index (χ1v) is 4.77. The molecule has 1 aromatic rings. The molecule has 0 aliphatic carbocycles. The highest BCUT2D eigenvalue weighted by Crippen LogP contribution is 2.11. The van der Waals surface area contributed by atoms with Crippen molar-refractivity contribution < 1.29 is 4.79 Å². The van der Waals surface area contributed by atoms with Gasteiger partial charge in [-0.2, -0.15) is 0 Å². The van der Waals surface area contributed by atoms with E-state index in [1.807, 2.05) is 19.1 Å². The first kappa shape index (κ1) is 10.8. The van der Waals surface area contributed by atoms with Crippen molar-refractivity contribution in [1.82, 2.24) is 4.90 Å². The highest BCUT2D eigenvalue weighted by molar-refractivity contribution is 5.78. The highest BCUT2D eigenvalue weighted by Gasteiger charge is 2.07. The third-order valence-corrected chi connectivity index (χ3v) is 2.34. The number of aryl methyl sites for hydroxylation is 2. The molecule has 0 aliphatic rings. The molecule has 0 bridgehead atoms. The van der Waals surface area contributed by atoms with E-state index in [2.05, 4.69) is 13.0 Å². The standard InChI is InChI=1S/C12H17NO/c1-9-5-6-11(10(2)7-9)8-12(14)13(3)4/h5-7H,8H2,1-4H3. The average Bonchev–Trinajstić information content (AvgIpc) is 2.09. The number of benzene rings is 1. The molecule has 0 atom stereocenters. The van der Waals surface area contributed by atoms with E-state index < -0.39 is 0 Å². The minimum Gasteiger partial charge on any atom is -0.349 e. The van der Waals surface area contributed by atoms with Gasteiger partial charge in [0.1, 0.15) is 0 Å². The zero-order valence-electron chi connectivity index (χ0n) is 9.29.